The Morgan fingerprint density at radius 1 is 1.50 bits per heavy atom. The molecule has 3 N–H and O–H groups in total. The normalized spacial score (nSPS) is 21.5. The van der Waals surface area contributed by atoms with Crippen molar-refractivity contribution in [3.63, 3.8) is 0 Å². The largest absolute Gasteiger partial charge is 0.350 e. The number of hydrogen-bond donors (Lipinski definition) is 2. The maximum atomic E-state index is 11.7. The standard InChI is InChI=1S/C11H22N2O/c1-8(2)7-9(12)10(14)13-11(3)5-4-6-11/h8-9H,4-7,12H2,1-3H3,(H,13,14)/t9-/m0/s1. The third kappa shape index (κ3) is 2.98. The second-order valence-corrected chi connectivity index (χ2v) is 5.14. The number of carbonyl (C=O) groups is 1. The van der Waals surface area contributed by atoms with Crippen LogP contribution in [0.5, 0.6) is 0 Å². The van der Waals surface area contributed by atoms with Gasteiger partial charge in [0.2, 0.25) is 5.91 Å². The van der Waals surface area contributed by atoms with Gasteiger partial charge in [-0.25, -0.2) is 0 Å². The van der Waals surface area contributed by atoms with E-state index in [2.05, 4.69) is 26.1 Å². The van der Waals surface area contributed by atoms with Gasteiger partial charge in [0.05, 0.1) is 6.04 Å². The molecule has 0 saturated heterocycles. The Balaban J connectivity index is 2.33. The molecule has 1 atom stereocenters. The molecule has 0 bridgehead atoms. The second kappa shape index (κ2) is 4.30. The van der Waals surface area contributed by atoms with Gasteiger partial charge in [0.25, 0.3) is 0 Å². The van der Waals surface area contributed by atoms with Gasteiger partial charge >= 0.3 is 0 Å². The van der Waals surface area contributed by atoms with Crippen LogP contribution in [0.25, 0.3) is 0 Å². The zero-order valence-electron chi connectivity index (χ0n) is 9.47. The Bertz CT molecular complexity index is 209. The molecule has 0 aliphatic heterocycles. The molecule has 14 heavy (non-hydrogen) atoms. The summed E-state index contributed by atoms with van der Waals surface area (Å²) in [5, 5.41) is 3.03. The molecular weight excluding hydrogens is 176 g/mol. The molecule has 0 unspecified atom stereocenters. The highest BCUT2D eigenvalue weighted by atomic mass is 16.2. The number of amides is 1. The predicted octanol–water partition coefficient (Wildman–Crippen LogP) is 1.42. The summed E-state index contributed by atoms with van der Waals surface area (Å²) in [5.41, 5.74) is 5.83. The van der Waals surface area contributed by atoms with Crippen molar-refractivity contribution < 1.29 is 4.79 Å². The first-order valence-corrected chi connectivity index (χ1v) is 5.50. The van der Waals surface area contributed by atoms with E-state index < -0.39 is 0 Å². The fraction of sp³-hybridized carbons (Fsp3) is 0.909. The molecule has 1 rings (SSSR count). The van der Waals surface area contributed by atoms with Crippen LogP contribution < -0.4 is 11.1 Å². The molecule has 1 aliphatic rings. The van der Waals surface area contributed by atoms with E-state index in [1.807, 2.05) is 0 Å². The van der Waals surface area contributed by atoms with Gasteiger partial charge in [-0.05, 0) is 38.5 Å². The topological polar surface area (TPSA) is 55.1 Å². The predicted molar refractivity (Wildman–Crippen MR) is 57.8 cm³/mol. The molecule has 0 spiro atoms. The first-order chi connectivity index (χ1) is 6.43. The van der Waals surface area contributed by atoms with Crippen molar-refractivity contribution in [3.8, 4) is 0 Å². The van der Waals surface area contributed by atoms with Gasteiger partial charge in [0.1, 0.15) is 0 Å². The number of nitrogens with two attached hydrogens (primary N) is 1. The molecule has 3 heteroatoms. The zero-order chi connectivity index (χ0) is 10.8. The van der Waals surface area contributed by atoms with Crippen LogP contribution in [-0.2, 0) is 4.79 Å². The van der Waals surface area contributed by atoms with Crippen LogP contribution in [-0.4, -0.2) is 17.5 Å². The van der Waals surface area contributed by atoms with Crippen LogP contribution >= 0.6 is 0 Å². The summed E-state index contributed by atoms with van der Waals surface area (Å²) in [4.78, 5) is 11.7. The second-order valence-electron chi connectivity index (χ2n) is 5.14. The van der Waals surface area contributed by atoms with Gasteiger partial charge in [-0.15, -0.1) is 0 Å². The fourth-order valence-electron chi connectivity index (χ4n) is 1.84. The van der Waals surface area contributed by atoms with E-state index in [4.69, 9.17) is 5.73 Å². The first-order valence-electron chi connectivity index (χ1n) is 5.50. The van der Waals surface area contributed by atoms with Crippen molar-refractivity contribution in [2.75, 3.05) is 0 Å². The van der Waals surface area contributed by atoms with Gasteiger partial charge < -0.3 is 11.1 Å². The highest BCUT2D eigenvalue weighted by Gasteiger charge is 2.34. The van der Waals surface area contributed by atoms with E-state index >= 15 is 0 Å². The molecule has 0 heterocycles. The minimum atomic E-state index is -0.340. The Morgan fingerprint density at radius 3 is 2.43 bits per heavy atom. The molecule has 1 saturated carbocycles. The van der Waals surface area contributed by atoms with Crippen LogP contribution in [0.15, 0.2) is 0 Å². The molecule has 3 nitrogen and oxygen atoms in total. The van der Waals surface area contributed by atoms with Crippen LogP contribution in [0.3, 0.4) is 0 Å². The molecule has 0 aromatic rings. The first kappa shape index (κ1) is 11.5. The molecule has 0 aromatic heterocycles. The van der Waals surface area contributed by atoms with Gasteiger partial charge in [-0.2, -0.15) is 0 Å². The SMILES string of the molecule is CC(C)C[C@H](N)C(=O)NC1(C)CCC1. The van der Waals surface area contributed by atoms with Crippen LogP contribution in [0.2, 0.25) is 0 Å². The summed E-state index contributed by atoms with van der Waals surface area (Å²) in [5.74, 6) is 0.492. The molecule has 1 amide bonds. The maximum Gasteiger partial charge on any atom is 0.237 e. The third-order valence-corrected chi connectivity index (χ3v) is 2.94. The zero-order valence-corrected chi connectivity index (χ0v) is 9.47. The van der Waals surface area contributed by atoms with Gasteiger partial charge in [-0.3, -0.25) is 4.79 Å². The quantitative estimate of drug-likeness (QED) is 0.717. The lowest BCUT2D eigenvalue weighted by molar-refractivity contribution is -0.125. The average Bonchev–Trinajstić information content (AvgIpc) is 2.00. The Morgan fingerprint density at radius 2 is 2.07 bits per heavy atom. The number of carbonyl (C=O) groups excluding carboxylic acids is 1. The third-order valence-electron chi connectivity index (χ3n) is 2.94. The average molecular weight is 198 g/mol. The molecular formula is C11H22N2O. The summed E-state index contributed by atoms with van der Waals surface area (Å²) in [6.45, 7) is 6.26. The maximum absolute atomic E-state index is 11.7. The lowest BCUT2D eigenvalue weighted by Gasteiger charge is -2.39. The smallest absolute Gasteiger partial charge is 0.237 e. The Labute approximate surface area is 86.4 Å². The van der Waals surface area contributed by atoms with Crippen molar-refractivity contribution in [1.29, 1.82) is 0 Å². The lowest BCUT2D eigenvalue weighted by atomic mass is 9.78. The molecule has 82 valence electrons. The Kier molecular flexibility index (Phi) is 3.53. The van der Waals surface area contributed by atoms with Crippen molar-refractivity contribution in [2.45, 2.75) is 58.0 Å². The highest BCUT2D eigenvalue weighted by molar-refractivity contribution is 5.82. The summed E-state index contributed by atoms with van der Waals surface area (Å²) < 4.78 is 0. The highest BCUT2D eigenvalue weighted by Crippen LogP contribution is 2.30. The minimum Gasteiger partial charge on any atom is -0.350 e. The molecule has 1 fully saturated rings. The van der Waals surface area contributed by atoms with E-state index in [9.17, 15) is 4.79 Å². The van der Waals surface area contributed by atoms with Crippen molar-refractivity contribution in [1.82, 2.24) is 5.32 Å². The number of nitrogens with one attached hydrogen (secondary N) is 1. The van der Waals surface area contributed by atoms with E-state index in [0.29, 0.717) is 5.92 Å². The summed E-state index contributed by atoms with van der Waals surface area (Å²) in [6.07, 6.45) is 4.17. The molecule has 1 aliphatic carbocycles. The van der Waals surface area contributed by atoms with Gasteiger partial charge in [-0.1, -0.05) is 13.8 Å². The minimum absolute atomic E-state index is 0.0147. The van der Waals surface area contributed by atoms with Gasteiger partial charge in [0, 0.05) is 5.54 Å². The van der Waals surface area contributed by atoms with Crippen LogP contribution in [0.1, 0.15) is 46.5 Å². The summed E-state index contributed by atoms with van der Waals surface area (Å²) >= 11 is 0. The number of rotatable bonds is 4. The summed E-state index contributed by atoms with van der Waals surface area (Å²) in [7, 11) is 0. The van der Waals surface area contributed by atoms with E-state index in [1.54, 1.807) is 0 Å². The van der Waals surface area contributed by atoms with Crippen molar-refractivity contribution >= 4 is 5.91 Å². The van der Waals surface area contributed by atoms with E-state index in [1.165, 1.54) is 6.42 Å². The fourth-order valence-corrected chi connectivity index (χ4v) is 1.84. The summed E-state index contributed by atoms with van der Waals surface area (Å²) in [6, 6.07) is -0.340. The van der Waals surface area contributed by atoms with Gasteiger partial charge in [0.15, 0.2) is 0 Å². The van der Waals surface area contributed by atoms with Crippen molar-refractivity contribution in [3.05, 3.63) is 0 Å². The lowest BCUT2D eigenvalue weighted by Crippen LogP contribution is -2.55. The molecule has 0 radical (unpaired) electrons. The molecule has 0 aromatic carbocycles. The number of hydrogen-bond acceptors (Lipinski definition) is 2. The van der Waals surface area contributed by atoms with Crippen molar-refractivity contribution in [2.24, 2.45) is 11.7 Å². The van der Waals surface area contributed by atoms with Crippen LogP contribution in [0.4, 0.5) is 0 Å². The van der Waals surface area contributed by atoms with E-state index in [-0.39, 0.29) is 17.5 Å². The van der Waals surface area contributed by atoms with E-state index in [0.717, 1.165) is 19.3 Å². The van der Waals surface area contributed by atoms with Crippen LogP contribution in [0, 0.1) is 5.92 Å². The monoisotopic (exact) mass is 198 g/mol. The Hall–Kier alpha value is -0.570.